The second kappa shape index (κ2) is 4.37. The largest absolute Gasteiger partial charge is 0.323 e. The molecule has 18 heavy (non-hydrogen) atoms. The number of anilines is 1. The van der Waals surface area contributed by atoms with Crippen LogP contribution >= 0.6 is 0 Å². The van der Waals surface area contributed by atoms with Gasteiger partial charge in [0.1, 0.15) is 6.42 Å². The summed E-state index contributed by atoms with van der Waals surface area (Å²) >= 11 is 0. The number of rotatable bonds is 2. The Kier molecular flexibility index (Phi) is 2.90. The molecule has 92 valence electrons. The Morgan fingerprint density at radius 2 is 2.17 bits per heavy atom. The SMILES string of the molecule is Cc1cc2[nH]c(=O)[nH]c2c(NC(=O)CC#N)c1C. The van der Waals surface area contributed by atoms with Gasteiger partial charge in [-0.3, -0.25) is 4.79 Å². The van der Waals surface area contributed by atoms with E-state index in [9.17, 15) is 9.59 Å². The van der Waals surface area contributed by atoms with Crippen molar-refractivity contribution in [2.75, 3.05) is 5.32 Å². The van der Waals surface area contributed by atoms with Gasteiger partial charge in [-0.1, -0.05) is 0 Å². The molecule has 6 heteroatoms. The van der Waals surface area contributed by atoms with Crippen LogP contribution in [-0.4, -0.2) is 15.9 Å². The third-order valence-electron chi connectivity index (χ3n) is 2.84. The first-order valence-electron chi connectivity index (χ1n) is 5.42. The number of nitrogens with one attached hydrogen (secondary N) is 3. The molecular weight excluding hydrogens is 232 g/mol. The Hall–Kier alpha value is -2.55. The Balaban J connectivity index is 2.60. The van der Waals surface area contributed by atoms with Crippen molar-refractivity contribution in [1.29, 1.82) is 5.26 Å². The minimum Gasteiger partial charge on any atom is -0.323 e. The highest BCUT2D eigenvalue weighted by Gasteiger charge is 2.13. The van der Waals surface area contributed by atoms with Gasteiger partial charge >= 0.3 is 5.69 Å². The van der Waals surface area contributed by atoms with Gasteiger partial charge in [0.15, 0.2) is 0 Å². The number of H-pyrrole nitrogens is 2. The van der Waals surface area contributed by atoms with Crippen LogP contribution in [-0.2, 0) is 4.79 Å². The number of aromatic nitrogens is 2. The normalized spacial score (nSPS) is 10.3. The molecule has 6 nitrogen and oxygen atoms in total. The van der Waals surface area contributed by atoms with Crippen molar-refractivity contribution < 1.29 is 4.79 Å². The van der Waals surface area contributed by atoms with Crippen molar-refractivity contribution in [2.45, 2.75) is 20.3 Å². The fraction of sp³-hybridized carbons (Fsp3) is 0.250. The van der Waals surface area contributed by atoms with Gasteiger partial charge in [0, 0.05) is 0 Å². The average Bonchev–Trinajstić information content (AvgIpc) is 2.65. The third kappa shape index (κ3) is 1.98. The third-order valence-corrected chi connectivity index (χ3v) is 2.84. The van der Waals surface area contributed by atoms with Crippen molar-refractivity contribution in [3.8, 4) is 6.07 Å². The summed E-state index contributed by atoms with van der Waals surface area (Å²) in [6, 6.07) is 3.62. The van der Waals surface area contributed by atoms with Crippen LogP contribution in [0.3, 0.4) is 0 Å². The zero-order valence-corrected chi connectivity index (χ0v) is 10.0. The van der Waals surface area contributed by atoms with Crippen LogP contribution in [0.15, 0.2) is 10.9 Å². The molecule has 0 saturated heterocycles. The number of imidazole rings is 1. The molecule has 2 rings (SSSR count). The van der Waals surface area contributed by atoms with E-state index in [2.05, 4.69) is 15.3 Å². The van der Waals surface area contributed by atoms with Crippen LogP contribution < -0.4 is 11.0 Å². The number of aromatic amines is 2. The van der Waals surface area contributed by atoms with Crippen molar-refractivity contribution in [2.24, 2.45) is 0 Å². The summed E-state index contributed by atoms with van der Waals surface area (Å²) < 4.78 is 0. The molecule has 2 aromatic rings. The molecule has 0 unspecified atom stereocenters. The Labute approximate surface area is 103 Å². The molecule has 0 aliphatic heterocycles. The summed E-state index contributed by atoms with van der Waals surface area (Å²) in [4.78, 5) is 28.1. The molecule has 3 N–H and O–H groups in total. The molecule has 0 radical (unpaired) electrons. The van der Waals surface area contributed by atoms with Gasteiger partial charge < -0.3 is 15.3 Å². The molecule has 0 aliphatic carbocycles. The number of hydrogen-bond donors (Lipinski definition) is 3. The number of carbonyl (C=O) groups is 1. The molecular formula is C12H12N4O2. The van der Waals surface area contributed by atoms with Gasteiger partial charge in [0.05, 0.1) is 22.8 Å². The van der Waals surface area contributed by atoms with E-state index in [-0.39, 0.29) is 12.1 Å². The number of nitrogens with zero attached hydrogens (tertiary/aromatic N) is 1. The summed E-state index contributed by atoms with van der Waals surface area (Å²) in [5.41, 5.74) is 3.22. The van der Waals surface area contributed by atoms with Crippen molar-refractivity contribution in [1.82, 2.24) is 9.97 Å². The van der Waals surface area contributed by atoms with Crippen LogP contribution in [0.4, 0.5) is 5.69 Å². The van der Waals surface area contributed by atoms with Gasteiger partial charge in [-0.05, 0) is 31.0 Å². The maximum absolute atomic E-state index is 11.5. The molecule has 0 fully saturated rings. The quantitative estimate of drug-likeness (QED) is 0.742. The van der Waals surface area contributed by atoms with Crippen LogP contribution in [0, 0.1) is 25.2 Å². The van der Waals surface area contributed by atoms with Crippen molar-refractivity contribution in [3.05, 3.63) is 27.7 Å². The molecule has 0 spiro atoms. The first-order valence-corrected chi connectivity index (χ1v) is 5.42. The zero-order valence-electron chi connectivity index (χ0n) is 10.0. The van der Waals surface area contributed by atoms with Gasteiger partial charge in [0.25, 0.3) is 0 Å². The lowest BCUT2D eigenvalue weighted by Crippen LogP contribution is -2.12. The standard InChI is InChI=1S/C12H12N4O2/c1-6-5-8-11(16-12(18)14-8)10(7(6)2)15-9(17)3-4-13/h5H,3H2,1-2H3,(H,15,17)(H2,14,16,18). The molecule has 1 aromatic heterocycles. The van der Waals surface area contributed by atoms with Gasteiger partial charge in [-0.2, -0.15) is 5.26 Å². The lowest BCUT2D eigenvalue weighted by molar-refractivity contribution is -0.115. The zero-order chi connectivity index (χ0) is 13.3. The number of fused-ring (bicyclic) bond motifs is 1. The van der Waals surface area contributed by atoms with E-state index in [1.165, 1.54) is 0 Å². The van der Waals surface area contributed by atoms with Crippen LogP contribution in [0.2, 0.25) is 0 Å². The summed E-state index contributed by atoms with van der Waals surface area (Å²) in [5.74, 6) is -0.394. The summed E-state index contributed by atoms with van der Waals surface area (Å²) in [7, 11) is 0. The average molecular weight is 244 g/mol. The number of hydrogen-bond acceptors (Lipinski definition) is 3. The molecule has 1 amide bonds. The number of carbonyl (C=O) groups excluding carboxylic acids is 1. The summed E-state index contributed by atoms with van der Waals surface area (Å²) in [6.07, 6.45) is -0.219. The predicted octanol–water partition coefficient (Wildman–Crippen LogP) is 1.33. The minimum absolute atomic E-state index is 0.219. The monoisotopic (exact) mass is 244 g/mol. The Bertz CT molecular complexity index is 718. The highest BCUT2D eigenvalue weighted by atomic mass is 16.2. The molecule has 0 atom stereocenters. The maximum Gasteiger partial charge on any atom is 0.323 e. The fourth-order valence-corrected chi connectivity index (χ4v) is 1.82. The summed E-state index contributed by atoms with van der Waals surface area (Å²) in [5, 5.41) is 11.1. The lowest BCUT2D eigenvalue weighted by Gasteiger charge is -2.10. The molecule has 1 aromatic carbocycles. The molecule has 0 saturated carbocycles. The van der Waals surface area contributed by atoms with Crippen LogP contribution in [0.5, 0.6) is 0 Å². The highest BCUT2D eigenvalue weighted by Crippen LogP contribution is 2.26. The first kappa shape index (κ1) is 11.9. The Morgan fingerprint density at radius 3 is 2.83 bits per heavy atom. The Morgan fingerprint density at radius 1 is 1.44 bits per heavy atom. The second-order valence-electron chi connectivity index (χ2n) is 4.08. The minimum atomic E-state index is -0.394. The van der Waals surface area contributed by atoms with Gasteiger partial charge in [-0.25, -0.2) is 4.79 Å². The van der Waals surface area contributed by atoms with E-state index in [0.29, 0.717) is 16.7 Å². The summed E-state index contributed by atoms with van der Waals surface area (Å²) in [6.45, 7) is 3.74. The first-order chi connectivity index (χ1) is 8.52. The van der Waals surface area contributed by atoms with E-state index in [1.54, 1.807) is 6.07 Å². The topological polar surface area (TPSA) is 102 Å². The van der Waals surface area contributed by atoms with Gasteiger partial charge in [-0.15, -0.1) is 0 Å². The van der Waals surface area contributed by atoms with E-state index in [0.717, 1.165) is 11.1 Å². The fourth-order valence-electron chi connectivity index (χ4n) is 1.82. The second-order valence-corrected chi connectivity index (χ2v) is 4.08. The number of benzene rings is 1. The van der Waals surface area contributed by atoms with Gasteiger partial charge in [0.2, 0.25) is 5.91 Å². The van der Waals surface area contributed by atoms with Crippen LogP contribution in [0.1, 0.15) is 17.5 Å². The molecule has 1 heterocycles. The molecule has 0 bridgehead atoms. The van der Waals surface area contributed by atoms with E-state index < -0.39 is 5.91 Å². The van der Waals surface area contributed by atoms with E-state index in [4.69, 9.17) is 5.26 Å². The van der Waals surface area contributed by atoms with E-state index >= 15 is 0 Å². The van der Waals surface area contributed by atoms with Crippen molar-refractivity contribution >= 4 is 22.6 Å². The predicted molar refractivity (Wildman–Crippen MR) is 67.3 cm³/mol. The lowest BCUT2D eigenvalue weighted by atomic mass is 10.1. The van der Waals surface area contributed by atoms with Crippen LogP contribution in [0.25, 0.3) is 11.0 Å². The number of nitriles is 1. The molecule has 0 aliphatic rings. The number of aryl methyl sites for hydroxylation is 1. The highest BCUT2D eigenvalue weighted by molar-refractivity contribution is 6.01. The maximum atomic E-state index is 11.5. The van der Waals surface area contributed by atoms with E-state index in [1.807, 2.05) is 19.9 Å². The smallest absolute Gasteiger partial charge is 0.323 e. The number of amides is 1. The van der Waals surface area contributed by atoms with Crippen molar-refractivity contribution in [3.63, 3.8) is 0 Å².